The van der Waals surface area contributed by atoms with E-state index in [9.17, 15) is 0 Å². The van der Waals surface area contributed by atoms with Crippen LogP contribution in [0.4, 0.5) is 5.69 Å². The van der Waals surface area contributed by atoms with Gasteiger partial charge in [-0.05, 0) is 18.6 Å². The fourth-order valence-electron chi connectivity index (χ4n) is 1.36. The molecule has 0 fully saturated rings. The van der Waals surface area contributed by atoms with Crippen LogP contribution in [0.15, 0.2) is 22.6 Å². The molecule has 1 heterocycles. The van der Waals surface area contributed by atoms with Gasteiger partial charge >= 0.3 is 0 Å². The van der Waals surface area contributed by atoms with Gasteiger partial charge in [0.2, 0.25) is 5.76 Å². The lowest BCUT2D eigenvalue weighted by Crippen LogP contribution is -1.84. The largest absolute Gasteiger partial charge is 0.443 e. The molecule has 1 aromatic carbocycles. The number of benzene rings is 1. The minimum absolute atomic E-state index is 0.198. The monoisotopic (exact) mass is 172 g/mol. The summed E-state index contributed by atoms with van der Waals surface area (Å²) in [6.45, 7) is 1.92. The van der Waals surface area contributed by atoms with E-state index < -0.39 is 0 Å². The summed E-state index contributed by atoms with van der Waals surface area (Å²) in [5.41, 5.74) is 7.83. The maximum Gasteiger partial charge on any atom is 0.227 e. The molecule has 3 heteroatoms. The predicted molar refractivity (Wildman–Crippen MR) is 50.1 cm³/mol. The van der Waals surface area contributed by atoms with Gasteiger partial charge in [0.05, 0.1) is 5.69 Å². The lowest BCUT2D eigenvalue weighted by atomic mass is 10.1. The number of rotatable bonds is 0. The van der Waals surface area contributed by atoms with Crippen LogP contribution in [0, 0.1) is 18.3 Å². The molecule has 0 aliphatic rings. The molecule has 64 valence electrons. The topological polar surface area (TPSA) is 63.0 Å². The van der Waals surface area contributed by atoms with Crippen molar-refractivity contribution in [1.29, 1.82) is 5.26 Å². The van der Waals surface area contributed by atoms with E-state index in [1.807, 2.05) is 31.2 Å². The number of nitrogens with zero attached hydrogens (tertiary/aromatic N) is 1. The Morgan fingerprint density at radius 2 is 2.23 bits per heavy atom. The quantitative estimate of drug-likeness (QED) is 0.662. The summed E-state index contributed by atoms with van der Waals surface area (Å²) in [7, 11) is 0. The summed E-state index contributed by atoms with van der Waals surface area (Å²) in [6.07, 6.45) is 0. The molecule has 0 spiro atoms. The summed E-state index contributed by atoms with van der Waals surface area (Å²) < 4.78 is 5.29. The highest BCUT2D eigenvalue weighted by Crippen LogP contribution is 2.29. The Kier molecular flexibility index (Phi) is 1.49. The molecule has 3 nitrogen and oxygen atoms in total. The van der Waals surface area contributed by atoms with Gasteiger partial charge in [-0.15, -0.1) is 0 Å². The molecule has 2 N–H and O–H groups in total. The highest BCUT2D eigenvalue weighted by Gasteiger charge is 2.11. The fraction of sp³-hybridized carbons (Fsp3) is 0.100. The average molecular weight is 172 g/mol. The van der Waals surface area contributed by atoms with Crippen molar-refractivity contribution in [2.24, 2.45) is 0 Å². The Hall–Kier alpha value is -1.95. The van der Waals surface area contributed by atoms with Gasteiger partial charge in [0, 0.05) is 5.39 Å². The third-order valence-electron chi connectivity index (χ3n) is 2.05. The average Bonchev–Trinajstić information content (AvgIpc) is 2.45. The van der Waals surface area contributed by atoms with E-state index in [4.69, 9.17) is 15.4 Å². The Bertz CT molecular complexity index is 505. The Morgan fingerprint density at radius 1 is 1.46 bits per heavy atom. The van der Waals surface area contributed by atoms with Crippen molar-refractivity contribution in [3.8, 4) is 6.07 Å². The molecular weight excluding hydrogens is 164 g/mol. The Labute approximate surface area is 75.4 Å². The van der Waals surface area contributed by atoms with Gasteiger partial charge in [-0.1, -0.05) is 12.1 Å². The number of aryl methyl sites for hydroxylation is 1. The second-order valence-electron chi connectivity index (χ2n) is 2.91. The Balaban J connectivity index is 2.94. The number of nitrogen functional groups attached to an aromatic ring is 1. The number of fused-ring (bicyclic) bond motifs is 1. The molecule has 0 aliphatic carbocycles. The number of para-hydroxylation sites is 1. The molecule has 1 aromatic heterocycles. The molecule has 2 rings (SSSR count). The van der Waals surface area contributed by atoms with Gasteiger partial charge in [0.1, 0.15) is 11.7 Å². The molecule has 0 saturated carbocycles. The zero-order valence-corrected chi connectivity index (χ0v) is 7.16. The minimum Gasteiger partial charge on any atom is -0.443 e. The van der Waals surface area contributed by atoms with Gasteiger partial charge in [-0.2, -0.15) is 5.26 Å². The number of nitrogens with two attached hydrogens (primary N) is 1. The van der Waals surface area contributed by atoms with Crippen molar-refractivity contribution < 1.29 is 4.42 Å². The molecule has 0 radical (unpaired) electrons. The van der Waals surface area contributed by atoms with Gasteiger partial charge in [-0.25, -0.2) is 0 Å². The van der Waals surface area contributed by atoms with Crippen molar-refractivity contribution in [2.45, 2.75) is 6.92 Å². The van der Waals surface area contributed by atoms with E-state index in [0.29, 0.717) is 11.3 Å². The standard InChI is InChI=1S/C10H8N2O/c1-6-3-2-4-7-9(12)8(5-11)13-10(6)7/h2-4H,12H2,1H3. The van der Waals surface area contributed by atoms with Crippen LogP contribution in [-0.4, -0.2) is 0 Å². The van der Waals surface area contributed by atoms with E-state index in [0.717, 1.165) is 10.9 Å². The van der Waals surface area contributed by atoms with Crippen molar-refractivity contribution in [2.75, 3.05) is 5.73 Å². The lowest BCUT2D eigenvalue weighted by molar-refractivity contribution is 0.598. The maximum atomic E-state index is 8.69. The molecule has 0 amide bonds. The lowest BCUT2D eigenvalue weighted by Gasteiger charge is -1.91. The first-order chi connectivity index (χ1) is 6.24. The maximum absolute atomic E-state index is 8.69. The van der Waals surface area contributed by atoms with Crippen LogP contribution in [0.1, 0.15) is 11.3 Å². The summed E-state index contributed by atoms with van der Waals surface area (Å²) in [6, 6.07) is 7.59. The first-order valence-corrected chi connectivity index (χ1v) is 3.91. The molecule has 0 unspecified atom stereocenters. The highest BCUT2D eigenvalue weighted by molar-refractivity contribution is 5.93. The normalized spacial score (nSPS) is 10.2. The van der Waals surface area contributed by atoms with Crippen molar-refractivity contribution >= 4 is 16.7 Å². The van der Waals surface area contributed by atoms with E-state index in [1.165, 1.54) is 0 Å². The van der Waals surface area contributed by atoms with Gasteiger partial charge in [0.25, 0.3) is 0 Å². The van der Waals surface area contributed by atoms with Crippen molar-refractivity contribution in [3.63, 3.8) is 0 Å². The molecule has 0 bridgehead atoms. The smallest absolute Gasteiger partial charge is 0.227 e. The summed E-state index contributed by atoms with van der Waals surface area (Å²) >= 11 is 0. The summed E-state index contributed by atoms with van der Waals surface area (Å²) in [5.74, 6) is 0.198. The fourth-order valence-corrected chi connectivity index (χ4v) is 1.36. The van der Waals surface area contributed by atoms with Crippen LogP contribution in [0.2, 0.25) is 0 Å². The van der Waals surface area contributed by atoms with Crippen molar-refractivity contribution in [1.82, 2.24) is 0 Å². The predicted octanol–water partition coefficient (Wildman–Crippen LogP) is 2.20. The van der Waals surface area contributed by atoms with Crippen LogP contribution < -0.4 is 5.73 Å². The molecule has 0 aliphatic heterocycles. The van der Waals surface area contributed by atoms with E-state index in [1.54, 1.807) is 0 Å². The molecule has 0 atom stereocenters. The third-order valence-corrected chi connectivity index (χ3v) is 2.05. The molecule has 2 aromatic rings. The van der Waals surface area contributed by atoms with E-state index in [2.05, 4.69) is 0 Å². The first-order valence-electron chi connectivity index (χ1n) is 3.91. The minimum atomic E-state index is 0.198. The molecule has 0 saturated heterocycles. The first kappa shape index (κ1) is 7.69. The SMILES string of the molecule is Cc1cccc2c(N)c(C#N)oc12. The number of nitriles is 1. The van der Waals surface area contributed by atoms with Crippen molar-refractivity contribution in [3.05, 3.63) is 29.5 Å². The number of furan rings is 1. The van der Waals surface area contributed by atoms with Crippen LogP contribution >= 0.6 is 0 Å². The summed E-state index contributed by atoms with van der Waals surface area (Å²) in [5, 5.41) is 9.50. The second-order valence-corrected chi connectivity index (χ2v) is 2.91. The van der Waals surface area contributed by atoms with E-state index in [-0.39, 0.29) is 5.76 Å². The molecule has 13 heavy (non-hydrogen) atoms. The third kappa shape index (κ3) is 0.960. The number of hydrogen-bond acceptors (Lipinski definition) is 3. The van der Waals surface area contributed by atoms with Gasteiger partial charge in [0.15, 0.2) is 0 Å². The molecular formula is C10H8N2O. The van der Waals surface area contributed by atoms with E-state index >= 15 is 0 Å². The zero-order chi connectivity index (χ0) is 9.42. The van der Waals surface area contributed by atoms with Gasteiger partial charge in [-0.3, -0.25) is 0 Å². The second kappa shape index (κ2) is 2.53. The summed E-state index contributed by atoms with van der Waals surface area (Å²) in [4.78, 5) is 0. The highest BCUT2D eigenvalue weighted by atomic mass is 16.3. The Morgan fingerprint density at radius 3 is 2.85 bits per heavy atom. The van der Waals surface area contributed by atoms with Gasteiger partial charge < -0.3 is 10.2 Å². The van der Waals surface area contributed by atoms with Crippen LogP contribution in [0.3, 0.4) is 0 Å². The van der Waals surface area contributed by atoms with Crippen LogP contribution in [0.25, 0.3) is 11.0 Å². The number of hydrogen-bond donors (Lipinski definition) is 1. The zero-order valence-electron chi connectivity index (χ0n) is 7.16. The number of anilines is 1. The van der Waals surface area contributed by atoms with Crippen LogP contribution in [-0.2, 0) is 0 Å². The van der Waals surface area contributed by atoms with Crippen LogP contribution in [0.5, 0.6) is 0 Å².